The zero-order valence-electron chi connectivity index (χ0n) is 7.52. The summed E-state index contributed by atoms with van der Waals surface area (Å²) in [6, 6.07) is 0. The van der Waals surface area contributed by atoms with Crippen molar-refractivity contribution in [2.75, 3.05) is 6.61 Å². The van der Waals surface area contributed by atoms with Gasteiger partial charge in [-0.3, -0.25) is 4.79 Å². The first-order valence-corrected chi connectivity index (χ1v) is 3.60. The summed E-state index contributed by atoms with van der Waals surface area (Å²) in [7, 11) is 0. The third kappa shape index (κ3) is 3.36. The van der Waals surface area contributed by atoms with Crippen molar-refractivity contribution in [3.05, 3.63) is 12.7 Å². The fourth-order valence-electron chi connectivity index (χ4n) is 0.559. The molecule has 1 atom stereocenters. The number of carbonyl (C=O) groups is 3. The van der Waals surface area contributed by atoms with E-state index in [-0.39, 0.29) is 0 Å². The lowest BCUT2D eigenvalue weighted by Gasteiger charge is -2.18. The second kappa shape index (κ2) is 4.52. The third-order valence-electron chi connectivity index (χ3n) is 1.38. The molecule has 0 amide bonds. The van der Waals surface area contributed by atoms with Crippen LogP contribution in [0, 0.1) is 0 Å². The molecule has 0 bridgehead atoms. The van der Waals surface area contributed by atoms with Gasteiger partial charge < -0.3 is 14.9 Å². The Hall–Kier alpha value is -1.69. The Morgan fingerprint density at radius 1 is 1.50 bits per heavy atom. The molecule has 0 saturated carbocycles. The Labute approximate surface area is 79.8 Å². The van der Waals surface area contributed by atoms with E-state index >= 15 is 0 Å². The van der Waals surface area contributed by atoms with Crippen LogP contribution >= 0.6 is 0 Å². The largest absolute Gasteiger partial charge is 0.473 e. The van der Waals surface area contributed by atoms with Crippen LogP contribution < -0.4 is 0 Å². The van der Waals surface area contributed by atoms with Gasteiger partial charge in [0, 0.05) is 0 Å². The number of aliphatic carboxylic acids is 1. The van der Waals surface area contributed by atoms with Crippen LogP contribution in [0.4, 0.5) is 0 Å². The second-order valence-electron chi connectivity index (χ2n) is 2.72. The molecule has 0 aliphatic rings. The Kier molecular flexibility index (Phi) is 3.97. The van der Waals surface area contributed by atoms with Crippen LogP contribution in [0.3, 0.4) is 0 Å². The standard InChI is InChI=1S/C8H10O6/c1-3-5(9)8(2,13)4-14-7(12)6(10)11/h3,13H,1,4H2,2H3,(H,10,11). The molecule has 0 heterocycles. The van der Waals surface area contributed by atoms with E-state index in [0.717, 1.165) is 13.0 Å². The van der Waals surface area contributed by atoms with Gasteiger partial charge in [0.25, 0.3) is 0 Å². The van der Waals surface area contributed by atoms with Crippen LogP contribution in [0.2, 0.25) is 0 Å². The Morgan fingerprint density at radius 2 is 2.00 bits per heavy atom. The van der Waals surface area contributed by atoms with Gasteiger partial charge in [-0.25, -0.2) is 9.59 Å². The summed E-state index contributed by atoms with van der Waals surface area (Å²) in [5, 5.41) is 17.4. The molecule has 0 aromatic heterocycles. The van der Waals surface area contributed by atoms with Gasteiger partial charge in [-0.2, -0.15) is 0 Å². The molecule has 14 heavy (non-hydrogen) atoms. The van der Waals surface area contributed by atoms with Crippen molar-refractivity contribution in [2.24, 2.45) is 0 Å². The SMILES string of the molecule is C=CC(=O)C(C)(O)COC(=O)C(=O)O. The fourth-order valence-corrected chi connectivity index (χ4v) is 0.559. The van der Waals surface area contributed by atoms with E-state index in [1.54, 1.807) is 0 Å². The van der Waals surface area contributed by atoms with Gasteiger partial charge in [-0.15, -0.1) is 0 Å². The molecule has 0 aliphatic carbocycles. The number of aliphatic hydroxyl groups is 1. The zero-order valence-corrected chi connectivity index (χ0v) is 7.52. The van der Waals surface area contributed by atoms with E-state index in [1.807, 2.05) is 0 Å². The predicted octanol–water partition coefficient (Wildman–Crippen LogP) is -0.880. The summed E-state index contributed by atoms with van der Waals surface area (Å²) in [4.78, 5) is 31.3. The van der Waals surface area contributed by atoms with Gasteiger partial charge in [-0.1, -0.05) is 6.58 Å². The minimum atomic E-state index is -1.94. The van der Waals surface area contributed by atoms with Crippen molar-refractivity contribution in [1.82, 2.24) is 0 Å². The minimum absolute atomic E-state index is 0.719. The monoisotopic (exact) mass is 202 g/mol. The van der Waals surface area contributed by atoms with Crippen molar-refractivity contribution in [2.45, 2.75) is 12.5 Å². The van der Waals surface area contributed by atoms with Crippen LogP contribution in [0.5, 0.6) is 0 Å². The number of esters is 1. The summed E-state index contributed by atoms with van der Waals surface area (Å²) < 4.78 is 4.13. The molecule has 0 aliphatic heterocycles. The number of ether oxygens (including phenoxy) is 1. The topological polar surface area (TPSA) is 101 Å². The average molecular weight is 202 g/mol. The summed E-state index contributed by atoms with van der Waals surface area (Å²) >= 11 is 0. The first kappa shape index (κ1) is 12.3. The van der Waals surface area contributed by atoms with Crippen molar-refractivity contribution in [1.29, 1.82) is 0 Å². The van der Waals surface area contributed by atoms with Gasteiger partial charge in [0.2, 0.25) is 0 Å². The average Bonchev–Trinajstić information content (AvgIpc) is 2.12. The smallest absolute Gasteiger partial charge is 0.417 e. The molecule has 0 rings (SSSR count). The molecular formula is C8H10O6. The molecule has 2 N–H and O–H groups in total. The first-order valence-electron chi connectivity index (χ1n) is 3.60. The molecule has 0 fully saturated rings. The summed E-state index contributed by atoms with van der Waals surface area (Å²) in [6.45, 7) is 3.49. The molecule has 0 aromatic carbocycles. The molecular weight excluding hydrogens is 192 g/mol. The molecule has 1 unspecified atom stereocenters. The van der Waals surface area contributed by atoms with Gasteiger partial charge >= 0.3 is 11.9 Å². The van der Waals surface area contributed by atoms with Crippen molar-refractivity contribution in [3.8, 4) is 0 Å². The third-order valence-corrected chi connectivity index (χ3v) is 1.38. The van der Waals surface area contributed by atoms with Crippen molar-refractivity contribution < 1.29 is 29.3 Å². The second-order valence-corrected chi connectivity index (χ2v) is 2.72. The highest BCUT2D eigenvalue weighted by Crippen LogP contribution is 2.06. The van der Waals surface area contributed by atoms with Crippen LogP contribution in [0.25, 0.3) is 0 Å². The molecule has 0 aromatic rings. The molecule has 6 heteroatoms. The first-order chi connectivity index (χ1) is 6.31. The predicted molar refractivity (Wildman–Crippen MR) is 44.4 cm³/mol. The molecule has 0 saturated heterocycles. The van der Waals surface area contributed by atoms with Crippen LogP contribution in [0.1, 0.15) is 6.92 Å². The Morgan fingerprint density at radius 3 is 2.36 bits per heavy atom. The molecule has 6 nitrogen and oxygen atoms in total. The lowest BCUT2D eigenvalue weighted by molar-refractivity contribution is -0.169. The molecule has 78 valence electrons. The van der Waals surface area contributed by atoms with E-state index in [2.05, 4.69) is 11.3 Å². The number of hydrogen-bond acceptors (Lipinski definition) is 5. The van der Waals surface area contributed by atoms with E-state index in [1.165, 1.54) is 0 Å². The molecule has 0 spiro atoms. The summed E-state index contributed by atoms with van der Waals surface area (Å²) in [5.41, 5.74) is -1.94. The van der Waals surface area contributed by atoms with Crippen molar-refractivity contribution >= 4 is 17.7 Å². The number of rotatable bonds is 4. The van der Waals surface area contributed by atoms with Crippen molar-refractivity contribution in [3.63, 3.8) is 0 Å². The highest BCUT2D eigenvalue weighted by molar-refractivity contribution is 6.28. The van der Waals surface area contributed by atoms with E-state index in [9.17, 15) is 19.5 Å². The minimum Gasteiger partial charge on any atom is -0.473 e. The Balaban J connectivity index is 4.25. The van der Waals surface area contributed by atoms with Gasteiger partial charge in [0.1, 0.15) is 6.61 Å². The summed E-state index contributed by atoms with van der Waals surface area (Å²) in [6.07, 6.45) is 0.856. The van der Waals surface area contributed by atoms with E-state index in [0.29, 0.717) is 0 Å². The zero-order chi connectivity index (χ0) is 11.4. The maximum absolute atomic E-state index is 10.9. The number of carboxylic acid groups (broad SMARTS) is 1. The van der Waals surface area contributed by atoms with Crippen LogP contribution in [-0.4, -0.2) is 40.1 Å². The lowest BCUT2D eigenvalue weighted by Crippen LogP contribution is -2.40. The number of carbonyl (C=O) groups excluding carboxylic acids is 2. The van der Waals surface area contributed by atoms with E-state index in [4.69, 9.17) is 5.11 Å². The van der Waals surface area contributed by atoms with Crippen LogP contribution in [0.15, 0.2) is 12.7 Å². The normalized spacial score (nSPS) is 13.9. The summed E-state index contributed by atoms with van der Waals surface area (Å²) in [5.74, 6) is -4.07. The number of carboxylic acids is 1. The van der Waals surface area contributed by atoms with Crippen LogP contribution in [-0.2, 0) is 19.1 Å². The van der Waals surface area contributed by atoms with E-state index < -0.39 is 29.9 Å². The van der Waals surface area contributed by atoms with Gasteiger partial charge in [0.05, 0.1) is 0 Å². The quantitative estimate of drug-likeness (QED) is 0.349. The number of ketones is 1. The van der Waals surface area contributed by atoms with Gasteiger partial charge in [0.15, 0.2) is 11.4 Å². The molecule has 0 radical (unpaired) electrons. The fraction of sp³-hybridized carbons (Fsp3) is 0.375. The maximum atomic E-state index is 10.9. The maximum Gasteiger partial charge on any atom is 0.417 e. The lowest BCUT2D eigenvalue weighted by atomic mass is 10.0. The highest BCUT2D eigenvalue weighted by atomic mass is 16.6. The number of hydrogen-bond donors (Lipinski definition) is 2. The highest BCUT2D eigenvalue weighted by Gasteiger charge is 2.30. The Bertz CT molecular complexity index is 278. The van der Waals surface area contributed by atoms with Gasteiger partial charge in [-0.05, 0) is 13.0 Å².